The summed E-state index contributed by atoms with van der Waals surface area (Å²) in [6, 6.07) is 0.596. The molecule has 1 N–H and O–H groups in total. The van der Waals surface area contributed by atoms with E-state index in [0.717, 1.165) is 24.9 Å². The van der Waals surface area contributed by atoms with E-state index in [1.54, 1.807) is 0 Å². The fraction of sp³-hybridized carbons (Fsp3) is 0.923. The van der Waals surface area contributed by atoms with Crippen LogP contribution in [0.4, 0.5) is 0 Å². The number of carbonyl (C=O) groups is 1. The summed E-state index contributed by atoms with van der Waals surface area (Å²) in [6.07, 6.45) is 4.88. The van der Waals surface area contributed by atoms with Crippen LogP contribution in [0.5, 0.6) is 0 Å². The molecule has 0 spiro atoms. The van der Waals surface area contributed by atoms with E-state index in [9.17, 15) is 4.79 Å². The average molecular weight is 224 g/mol. The largest absolute Gasteiger partial charge is 0.342 e. The van der Waals surface area contributed by atoms with Gasteiger partial charge in [-0.05, 0) is 37.5 Å². The molecule has 3 heteroatoms. The summed E-state index contributed by atoms with van der Waals surface area (Å²) in [5.74, 6) is 1.97. The molecule has 0 radical (unpaired) electrons. The summed E-state index contributed by atoms with van der Waals surface area (Å²) < 4.78 is 0. The van der Waals surface area contributed by atoms with Crippen LogP contribution in [0.25, 0.3) is 0 Å². The van der Waals surface area contributed by atoms with Crippen LogP contribution in [0.3, 0.4) is 0 Å². The van der Waals surface area contributed by atoms with Crippen molar-refractivity contribution in [3.05, 3.63) is 0 Å². The number of nitrogens with one attached hydrogen (secondary N) is 1. The van der Waals surface area contributed by atoms with Crippen LogP contribution in [0.1, 0.15) is 39.5 Å². The van der Waals surface area contributed by atoms with E-state index in [-0.39, 0.29) is 0 Å². The second-order valence-corrected chi connectivity index (χ2v) is 5.64. The maximum absolute atomic E-state index is 11.8. The molecular weight excluding hydrogens is 200 g/mol. The van der Waals surface area contributed by atoms with Crippen LogP contribution < -0.4 is 5.32 Å². The molecule has 0 aromatic heterocycles. The Bertz CT molecular complexity index is 240. The highest BCUT2D eigenvalue weighted by molar-refractivity contribution is 5.78. The van der Waals surface area contributed by atoms with Crippen molar-refractivity contribution >= 4 is 5.91 Å². The number of carbonyl (C=O) groups excluding carboxylic acids is 1. The van der Waals surface area contributed by atoms with E-state index in [0.29, 0.717) is 18.5 Å². The Morgan fingerprint density at radius 3 is 2.50 bits per heavy atom. The molecule has 2 aliphatic rings. The number of hydrogen-bond donors (Lipinski definition) is 1. The molecule has 1 aliphatic heterocycles. The average Bonchev–Trinajstić information content (AvgIpc) is 2.66. The third-order valence-corrected chi connectivity index (χ3v) is 4.12. The first-order chi connectivity index (χ1) is 7.66. The summed E-state index contributed by atoms with van der Waals surface area (Å²) in [5, 5.41) is 3.39. The third kappa shape index (κ3) is 2.76. The van der Waals surface area contributed by atoms with Crippen LogP contribution in [-0.4, -0.2) is 36.5 Å². The molecule has 0 bridgehead atoms. The van der Waals surface area contributed by atoms with Gasteiger partial charge in [0.2, 0.25) is 5.91 Å². The lowest BCUT2D eigenvalue weighted by Crippen LogP contribution is -2.47. The number of hydrogen-bond acceptors (Lipinski definition) is 2. The Labute approximate surface area is 98.6 Å². The second-order valence-electron chi connectivity index (χ2n) is 5.64. The van der Waals surface area contributed by atoms with E-state index in [2.05, 4.69) is 19.2 Å². The van der Waals surface area contributed by atoms with E-state index < -0.39 is 0 Å². The minimum atomic E-state index is 0.297. The summed E-state index contributed by atoms with van der Waals surface area (Å²) in [7, 11) is 0. The molecule has 1 saturated carbocycles. The predicted octanol–water partition coefficient (Wildman–Crippen LogP) is 1.63. The van der Waals surface area contributed by atoms with Gasteiger partial charge in [0, 0.05) is 19.1 Å². The molecule has 92 valence electrons. The van der Waals surface area contributed by atoms with Crippen LogP contribution in [0.15, 0.2) is 0 Å². The Hall–Kier alpha value is -0.570. The first-order valence-corrected chi connectivity index (χ1v) is 6.68. The van der Waals surface area contributed by atoms with E-state index >= 15 is 0 Å². The Morgan fingerprint density at radius 2 is 1.94 bits per heavy atom. The summed E-state index contributed by atoms with van der Waals surface area (Å²) in [4.78, 5) is 13.8. The highest BCUT2D eigenvalue weighted by Gasteiger charge is 2.31. The van der Waals surface area contributed by atoms with E-state index in [1.165, 1.54) is 25.7 Å². The topological polar surface area (TPSA) is 32.3 Å². The zero-order chi connectivity index (χ0) is 11.5. The maximum Gasteiger partial charge on any atom is 0.236 e. The zero-order valence-corrected chi connectivity index (χ0v) is 10.5. The molecule has 1 aliphatic carbocycles. The van der Waals surface area contributed by atoms with Crippen LogP contribution in [0, 0.1) is 11.8 Å². The number of rotatable bonds is 4. The molecule has 1 saturated heterocycles. The Balaban J connectivity index is 1.60. The van der Waals surface area contributed by atoms with Crippen molar-refractivity contribution in [2.45, 2.75) is 45.6 Å². The van der Waals surface area contributed by atoms with Gasteiger partial charge in [0.05, 0.1) is 6.54 Å². The Kier molecular flexibility index (Phi) is 3.85. The smallest absolute Gasteiger partial charge is 0.236 e. The van der Waals surface area contributed by atoms with Crippen molar-refractivity contribution in [3.8, 4) is 0 Å². The molecule has 0 atom stereocenters. The third-order valence-electron chi connectivity index (χ3n) is 4.12. The predicted molar refractivity (Wildman–Crippen MR) is 65.2 cm³/mol. The zero-order valence-electron chi connectivity index (χ0n) is 10.5. The van der Waals surface area contributed by atoms with Crippen LogP contribution in [0.2, 0.25) is 0 Å². The fourth-order valence-corrected chi connectivity index (χ4v) is 2.68. The van der Waals surface area contributed by atoms with Crippen molar-refractivity contribution in [3.63, 3.8) is 0 Å². The highest BCUT2D eigenvalue weighted by Crippen LogP contribution is 2.33. The van der Waals surface area contributed by atoms with Crippen molar-refractivity contribution in [2.75, 3.05) is 19.6 Å². The van der Waals surface area contributed by atoms with Gasteiger partial charge in [0.1, 0.15) is 0 Å². The molecule has 2 rings (SSSR count). The van der Waals surface area contributed by atoms with Crippen molar-refractivity contribution in [1.29, 1.82) is 0 Å². The lowest BCUT2D eigenvalue weighted by Gasteiger charge is -2.38. The summed E-state index contributed by atoms with van der Waals surface area (Å²) in [5.41, 5.74) is 0. The molecule has 16 heavy (non-hydrogen) atoms. The van der Waals surface area contributed by atoms with Crippen molar-refractivity contribution in [2.24, 2.45) is 11.8 Å². The van der Waals surface area contributed by atoms with E-state index in [4.69, 9.17) is 0 Å². The molecule has 1 heterocycles. The highest BCUT2D eigenvalue weighted by atomic mass is 16.2. The van der Waals surface area contributed by atoms with Gasteiger partial charge in [-0.25, -0.2) is 0 Å². The van der Waals surface area contributed by atoms with Crippen molar-refractivity contribution in [1.82, 2.24) is 10.2 Å². The molecule has 0 aromatic carbocycles. The van der Waals surface area contributed by atoms with Gasteiger partial charge < -0.3 is 10.2 Å². The quantitative estimate of drug-likeness (QED) is 0.787. The molecule has 0 aromatic rings. The number of nitrogens with zero attached hydrogens (tertiary/aromatic N) is 1. The van der Waals surface area contributed by atoms with Gasteiger partial charge >= 0.3 is 0 Å². The lowest BCUT2D eigenvalue weighted by molar-refractivity contribution is -0.129. The molecule has 0 unspecified atom stereocenters. The molecule has 3 nitrogen and oxygen atoms in total. The number of amides is 1. The van der Waals surface area contributed by atoms with Gasteiger partial charge in [0.15, 0.2) is 0 Å². The maximum atomic E-state index is 11.8. The minimum absolute atomic E-state index is 0.297. The van der Waals surface area contributed by atoms with Gasteiger partial charge in [0.25, 0.3) is 0 Å². The van der Waals surface area contributed by atoms with Crippen LogP contribution in [-0.2, 0) is 4.79 Å². The Morgan fingerprint density at radius 1 is 1.31 bits per heavy atom. The first kappa shape index (κ1) is 11.9. The molecule has 1 amide bonds. The van der Waals surface area contributed by atoms with Crippen molar-refractivity contribution < 1.29 is 4.79 Å². The number of likely N-dealkylation sites (tertiary alicyclic amines) is 1. The first-order valence-electron chi connectivity index (χ1n) is 6.68. The SMILES string of the molecule is CC(C)C1CC(NCC(=O)N2CCCC2)C1. The lowest BCUT2D eigenvalue weighted by atomic mass is 9.74. The minimum Gasteiger partial charge on any atom is -0.342 e. The monoisotopic (exact) mass is 224 g/mol. The molecular formula is C13H24N2O. The van der Waals surface area contributed by atoms with Gasteiger partial charge in [-0.1, -0.05) is 13.8 Å². The molecule has 2 fully saturated rings. The normalized spacial score (nSPS) is 29.6. The summed E-state index contributed by atoms with van der Waals surface area (Å²) in [6.45, 7) is 7.07. The second kappa shape index (κ2) is 5.17. The van der Waals surface area contributed by atoms with Gasteiger partial charge in [-0.3, -0.25) is 4.79 Å². The van der Waals surface area contributed by atoms with Crippen LogP contribution >= 0.6 is 0 Å². The van der Waals surface area contributed by atoms with Gasteiger partial charge in [-0.15, -0.1) is 0 Å². The standard InChI is InChI=1S/C13H24N2O/c1-10(2)11-7-12(8-11)14-9-13(16)15-5-3-4-6-15/h10-12,14H,3-9H2,1-2H3. The van der Waals surface area contributed by atoms with Gasteiger partial charge in [-0.2, -0.15) is 0 Å². The fourth-order valence-electron chi connectivity index (χ4n) is 2.68. The summed E-state index contributed by atoms with van der Waals surface area (Å²) >= 11 is 0. The van der Waals surface area contributed by atoms with E-state index in [1.807, 2.05) is 4.90 Å².